The normalized spacial score (nSPS) is 12.5. The SMILES string of the molecule is CC/C=C\C/C=C\C/C=C\C/C=C\C/C=C\C/C=C\CCCCCCCCCCCCCCCCC(=O)OCC(COC(=O)CCCCCCCCCCCCCCCCC)OC(=O)CCCCCCCCCCCCCCCCCC. The molecule has 0 saturated heterocycles. The van der Waals surface area contributed by atoms with E-state index in [9.17, 15) is 14.4 Å². The second kappa shape index (κ2) is 70.3. The summed E-state index contributed by atoms with van der Waals surface area (Å²) in [5.74, 6) is -0.841. The molecule has 0 aromatic rings. The van der Waals surface area contributed by atoms with E-state index in [-0.39, 0.29) is 31.1 Å². The van der Waals surface area contributed by atoms with Crippen LogP contribution in [0.2, 0.25) is 0 Å². The fourth-order valence-electron chi connectivity index (χ4n) is 10.6. The lowest BCUT2D eigenvalue weighted by Crippen LogP contribution is -2.30. The van der Waals surface area contributed by atoms with Crippen LogP contribution in [0.5, 0.6) is 0 Å². The van der Waals surface area contributed by atoms with Crippen molar-refractivity contribution in [3.05, 3.63) is 72.9 Å². The topological polar surface area (TPSA) is 78.9 Å². The van der Waals surface area contributed by atoms with Crippen molar-refractivity contribution in [2.45, 2.75) is 380 Å². The summed E-state index contributed by atoms with van der Waals surface area (Å²) in [6, 6.07) is 0. The summed E-state index contributed by atoms with van der Waals surface area (Å²) in [4.78, 5) is 38.4. The Morgan fingerprint density at radius 3 is 0.744 bits per heavy atom. The molecule has 6 nitrogen and oxygen atoms in total. The predicted molar refractivity (Wildman–Crippen MR) is 358 cm³/mol. The largest absolute Gasteiger partial charge is 0.462 e. The Morgan fingerprint density at radius 1 is 0.256 bits per heavy atom. The molecule has 0 bridgehead atoms. The van der Waals surface area contributed by atoms with Gasteiger partial charge >= 0.3 is 17.9 Å². The highest BCUT2D eigenvalue weighted by Gasteiger charge is 2.19. The van der Waals surface area contributed by atoms with Gasteiger partial charge in [0.25, 0.3) is 0 Å². The molecule has 0 aliphatic rings. The first kappa shape index (κ1) is 78.8. The molecule has 0 heterocycles. The van der Waals surface area contributed by atoms with Gasteiger partial charge in [-0.15, -0.1) is 0 Å². The monoisotopic (exact) mass is 1150 g/mol. The Balaban J connectivity index is 4.18. The lowest BCUT2D eigenvalue weighted by Gasteiger charge is -2.18. The van der Waals surface area contributed by atoms with E-state index in [0.29, 0.717) is 19.3 Å². The first-order valence-corrected chi connectivity index (χ1v) is 35.9. The van der Waals surface area contributed by atoms with Gasteiger partial charge in [-0.05, 0) is 70.6 Å². The Bertz CT molecular complexity index is 1500. The molecule has 0 aromatic carbocycles. The Labute approximate surface area is 510 Å². The van der Waals surface area contributed by atoms with Crippen LogP contribution < -0.4 is 0 Å². The number of rotatable bonds is 66. The van der Waals surface area contributed by atoms with Gasteiger partial charge in [0, 0.05) is 19.3 Å². The van der Waals surface area contributed by atoms with Gasteiger partial charge in [-0.25, -0.2) is 0 Å². The number of carbonyl (C=O) groups is 3. The van der Waals surface area contributed by atoms with Crippen LogP contribution in [0.3, 0.4) is 0 Å². The minimum absolute atomic E-state index is 0.0676. The summed E-state index contributed by atoms with van der Waals surface area (Å²) >= 11 is 0. The van der Waals surface area contributed by atoms with Gasteiger partial charge in [0.15, 0.2) is 6.10 Å². The third-order valence-corrected chi connectivity index (χ3v) is 16.0. The van der Waals surface area contributed by atoms with Crippen LogP contribution in [0.1, 0.15) is 374 Å². The van der Waals surface area contributed by atoms with Crippen LogP contribution >= 0.6 is 0 Å². The average Bonchev–Trinajstić information content (AvgIpc) is 3.47. The third-order valence-electron chi connectivity index (χ3n) is 16.0. The minimum Gasteiger partial charge on any atom is -0.462 e. The molecule has 0 aliphatic heterocycles. The van der Waals surface area contributed by atoms with Crippen LogP contribution in [-0.4, -0.2) is 37.2 Å². The third kappa shape index (κ3) is 67.6. The molecular weight excluding hydrogens is 1010 g/mol. The molecule has 1 unspecified atom stereocenters. The van der Waals surface area contributed by atoms with E-state index in [0.717, 1.165) is 96.3 Å². The molecule has 0 spiro atoms. The van der Waals surface area contributed by atoms with Crippen molar-refractivity contribution in [2.75, 3.05) is 13.2 Å². The fraction of sp³-hybridized carbons (Fsp3) is 0.803. The van der Waals surface area contributed by atoms with Crippen LogP contribution in [0.25, 0.3) is 0 Å². The molecule has 1 atom stereocenters. The Morgan fingerprint density at radius 2 is 0.476 bits per heavy atom. The number of hydrogen-bond acceptors (Lipinski definition) is 6. The highest BCUT2D eigenvalue weighted by atomic mass is 16.6. The van der Waals surface area contributed by atoms with Crippen molar-refractivity contribution in [1.29, 1.82) is 0 Å². The fourth-order valence-corrected chi connectivity index (χ4v) is 10.6. The number of hydrogen-bond donors (Lipinski definition) is 0. The first-order chi connectivity index (χ1) is 40.5. The molecule has 0 N–H and O–H groups in total. The van der Waals surface area contributed by atoms with Gasteiger partial charge in [0.05, 0.1) is 0 Å². The van der Waals surface area contributed by atoms with Crippen molar-refractivity contribution in [1.82, 2.24) is 0 Å². The van der Waals surface area contributed by atoms with Gasteiger partial charge in [0.2, 0.25) is 0 Å². The molecule has 0 saturated carbocycles. The summed E-state index contributed by atoms with van der Waals surface area (Å²) in [5.41, 5.74) is 0. The van der Waals surface area contributed by atoms with Gasteiger partial charge in [-0.1, -0.05) is 357 Å². The van der Waals surface area contributed by atoms with E-state index in [1.54, 1.807) is 0 Å². The second-order valence-corrected chi connectivity index (χ2v) is 24.1. The molecule has 476 valence electrons. The zero-order chi connectivity index (χ0) is 59.2. The van der Waals surface area contributed by atoms with Crippen molar-refractivity contribution < 1.29 is 28.6 Å². The van der Waals surface area contributed by atoms with E-state index in [1.165, 1.54) is 238 Å². The van der Waals surface area contributed by atoms with E-state index in [2.05, 4.69) is 93.7 Å². The van der Waals surface area contributed by atoms with Crippen molar-refractivity contribution in [2.24, 2.45) is 0 Å². The van der Waals surface area contributed by atoms with Crippen LogP contribution in [0.4, 0.5) is 0 Å². The molecule has 6 heteroatoms. The summed E-state index contributed by atoms with van der Waals surface area (Å²) in [6.07, 6.45) is 92.2. The van der Waals surface area contributed by atoms with E-state index in [1.807, 2.05) is 0 Å². The summed E-state index contributed by atoms with van der Waals surface area (Å²) < 4.78 is 17.0. The minimum atomic E-state index is -0.771. The molecule has 0 rings (SSSR count). The number of ether oxygens (including phenoxy) is 3. The molecule has 0 amide bonds. The molecule has 82 heavy (non-hydrogen) atoms. The number of esters is 3. The zero-order valence-corrected chi connectivity index (χ0v) is 54.8. The Hall–Kier alpha value is -3.15. The van der Waals surface area contributed by atoms with Crippen LogP contribution in [0, 0.1) is 0 Å². The lowest BCUT2D eigenvalue weighted by atomic mass is 10.0. The lowest BCUT2D eigenvalue weighted by molar-refractivity contribution is -0.167. The number of allylic oxidation sites excluding steroid dienone is 12. The maximum Gasteiger partial charge on any atom is 0.306 e. The quantitative estimate of drug-likeness (QED) is 0.0261. The zero-order valence-electron chi connectivity index (χ0n) is 54.8. The molecule has 0 aromatic heterocycles. The van der Waals surface area contributed by atoms with Gasteiger partial charge in [-0.3, -0.25) is 14.4 Å². The van der Waals surface area contributed by atoms with E-state index < -0.39 is 6.10 Å². The van der Waals surface area contributed by atoms with Crippen molar-refractivity contribution >= 4 is 17.9 Å². The van der Waals surface area contributed by atoms with E-state index >= 15 is 0 Å². The standard InChI is InChI=1S/C76H136O6/c1-4-7-10-13-16-19-22-25-28-30-31-32-33-34-35-36-37-38-39-40-41-42-43-44-45-46-49-51-54-57-60-63-66-69-75(78)81-72-73(71-80-74(77)68-65-62-59-56-53-50-47-27-24-21-18-15-12-9-6-3)82-76(79)70-67-64-61-58-55-52-48-29-26-23-20-17-14-11-8-5-2/h7,10,16,19,25,28,31-32,34-35,37-38,73H,4-6,8-9,11-15,17-18,20-24,26-27,29-30,33,36,39-72H2,1-3H3/b10-7-,19-16-,28-25-,32-31-,35-34-,38-37-. The number of carbonyl (C=O) groups excluding carboxylic acids is 3. The Kier molecular flexibility index (Phi) is 67.6. The van der Waals surface area contributed by atoms with Gasteiger partial charge in [0.1, 0.15) is 13.2 Å². The maximum atomic E-state index is 12.9. The smallest absolute Gasteiger partial charge is 0.306 e. The van der Waals surface area contributed by atoms with E-state index in [4.69, 9.17) is 14.2 Å². The molecule has 0 fully saturated rings. The molecule has 0 radical (unpaired) electrons. The molecular formula is C76H136O6. The van der Waals surface area contributed by atoms with Crippen molar-refractivity contribution in [3.63, 3.8) is 0 Å². The number of unbranched alkanes of at least 4 members (excludes halogenated alkanes) is 43. The van der Waals surface area contributed by atoms with Gasteiger partial charge in [-0.2, -0.15) is 0 Å². The van der Waals surface area contributed by atoms with Crippen LogP contribution in [-0.2, 0) is 28.6 Å². The van der Waals surface area contributed by atoms with Gasteiger partial charge < -0.3 is 14.2 Å². The summed E-state index contributed by atoms with van der Waals surface area (Å²) in [7, 11) is 0. The average molecular weight is 1150 g/mol. The highest BCUT2D eigenvalue weighted by Crippen LogP contribution is 2.18. The molecule has 0 aliphatic carbocycles. The highest BCUT2D eigenvalue weighted by molar-refractivity contribution is 5.71. The second-order valence-electron chi connectivity index (χ2n) is 24.1. The predicted octanol–water partition coefficient (Wildman–Crippen LogP) is 24.8. The summed E-state index contributed by atoms with van der Waals surface area (Å²) in [6.45, 7) is 6.59. The first-order valence-electron chi connectivity index (χ1n) is 35.9. The van der Waals surface area contributed by atoms with Crippen LogP contribution in [0.15, 0.2) is 72.9 Å². The summed E-state index contributed by atoms with van der Waals surface area (Å²) in [5, 5.41) is 0. The van der Waals surface area contributed by atoms with Crippen molar-refractivity contribution in [3.8, 4) is 0 Å². The maximum absolute atomic E-state index is 12.9.